The largest absolute Gasteiger partial charge is 0.490 e. The molecule has 10 heteroatoms. The van der Waals surface area contributed by atoms with Gasteiger partial charge in [0.05, 0.1) is 44.7 Å². The summed E-state index contributed by atoms with van der Waals surface area (Å²) in [6.45, 7) is 12.5. The molecule has 0 bridgehead atoms. The van der Waals surface area contributed by atoms with Gasteiger partial charge in [-0.1, -0.05) is 18.2 Å². The van der Waals surface area contributed by atoms with E-state index in [1.54, 1.807) is 12.3 Å². The first kappa shape index (κ1) is 36.1. The van der Waals surface area contributed by atoms with Crippen LogP contribution in [0.4, 0.5) is 4.39 Å². The molecule has 3 heterocycles. The Morgan fingerprint density at radius 1 is 0.804 bits per heavy atom. The van der Waals surface area contributed by atoms with Crippen molar-refractivity contribution < 1.29 is 28.1 Å². The van der Waals surface area contributed by atoms with E-state index in [0.29, 0.717) is 57.4 Å². The zero-order valence-electron chi connectivity index (χ0n) is 30.2. The Morgan fingerprint density at radius 3 is 2.20 bits per heavy atom. The van der Waals surface area contributed by atoms with E-state index in [9.17, 15) is 9.18 Å². The quantitative estimate of drug-likeness (QED) is 0.135. The molecule has 0 aliphatic carbocycles. The van der Waals surface area contributed by atoms with Crippen molar-refractivity contribution >= 4 is 5.91 Å². The van der Waals surface area contributed by atoms with Crippen LogP contribution in [0.3, 0.4) is 0 Å². The SMILES string of the molecule is CCOc1ccc(CC2c3cc(OCC)c(OCC)cc3CCN2C(=O)CN2CCC(c3nccc(-c4cccc(F)c4)n3)CC2)cc1OCC. The molecule has 51 heavy (non-hydrogen) atoms. The molecular weight excluding hydrogens is 647 g/mol. The van der Waals surface area contributed by atoms with Crippen molar-refractivity contribution in [1.29, 1.82) is 0 Å². The van der Waals surface area contributed by atoms with Gasteiger partial charge in [0.25, 0.3) is 0 Å². The van der Waals surface area contributed by atoms with Crippen molar-refractivity contribution in [2.24, 2.45) is 0 Å². The van der Waals surface area contributed by atoms with Gasteiger partial charge in [0.1, 0.15) is 11.6 Å². The maximum atomic E-state index is 14.3. The van der Waals surface area contributed by atoms with Crippen molar-refractivity contribution in [2.75, 3.05) is 52.6 Å². The van der Waals surface area contributed by atoms with Gasteiger partial charge >= 0.3 is 0 Å². The molecular formula is C41H49FN4O5. The van der Waals surface area contributed by atoms with E-state index in [2.05, 4.69) is 28.1 Å². The van der Waals surface area contributed by atoms with Crippen LogP contribution in [-0.4, -0.2) is 78.3 Å². The van der Waals surface area contributed by atoms with Crippen molar-refractivity contribution in [2.45, 2.75) is 65.3 Å². The minimum absolute atomic E-state index is 0.108. The van der Waals surface area contributed by atoms with Crippen LogP contribution in [0.1, 0.15) is 75.0 Å². The molecule has 1 unspecified atom stereocenters. The molecule has 2 aliphatic heterocycles. The van der Waals surface area contributed by atoms with E-state index in [0.717, 1.165) is 72.1 Å². The number of fused-ring (bicyclic) bond motifs is 1. The minimum Gasteiger partial charge on any atom is -0.490 e. The maximum absolute atomic E-state index is 14.3. The molecule has 3 aromatic carbocycles. The van der Waals surface area contributed by atoms with Gasteiger partial charge in [-0.3, -0.25) is 9.69 Å². The molecule has 1 atom stereocenters. The Morgan fingerprint density at radius 2 is 1.49 bits per heavy atom. The molecule has 6 rings (SSSR count). The molecule has 0 saturated carbocycles. The molecule has 0 N–H and O–H groups in total. The van der Waals surface area contributed by atoms with Crippen molar-refractivity contribution in [3.63, 3.8) is 0 Å². The van der Waals surface area contributed by atoms with E-state index < -0.39 is 0 Å². The summed E-state index contributed by atoms with van der Waals surface area (Å²) in [5, 5.41) is 0. The second kappa shape index (κ2) is 17.0. The van der Waals surface area contributed by atoms with Crippen LogP contribution >= 0.6 is 0 Å². The lowest BCUT2D eigenvalue weighted by atomic mass is 9.87. The molecule has 2 aliphatic rings. The first-order valence-corrected chi connectivity index (χ1v) is 18.3. The Hall–Kier alpha value is -4.70. The number of piperidine rings is 1. The van der Waals surface area contributed by atoms with Crippen LogP contribution in [0, 0.1) is 5.82 Å². The number of likely N-dealkylation sites (tertiary alicyclic amines) is 1. The Labute approximate surface area is 300 Å². The molecule has 9 nitrogen and oxygen atoms in total. The highest BCUT2D eigenvalue weighted by molar-refractivity contribution is 5.79. The predicted octanol–water partition coefficient (Wildman–Crippen LogP) is 7.43. The summed E-state index contributed by atoms with van der Waals surface area (Å²) in [5.41, 5.74) is 4.78. The van der Waals surface area contributed by atoms with E-state index in [1.165, 1.54) is 17.7 Å². The topological polar surface area (TPSA) is 86.2 Å². The number of halogens is 1. The number of amides is 1. The van der Waals surface area contributed by atoms with Gasteiger partial charge in [0, 0.05) is 24.2 Å². The van der Waals surface area contributed by atoms with E-state index in [4.69, 9.17) is 23.9 Å². The molecule has 270 valence electrons. The lowest BCUT2D eigenvalue weighted by Crippen LogP contribution is -2.47. The molecule has 1 saturated heterocycles. The first-order chi connectivity index (χ1) is 24.9. The second-order valence-corrected chi connectivity index (χ2v) is 12.9. The lowest BCUT2D eigenvalue weighted by molar-refractivity contribution is -0.135. The average molecular weight is 697 g/mol. The fraction of sp³-hybridized carbons (Fsp3) is 0.439. The average Bonchev–Trinajstić information content (AvgIpc) is 3.14. The summed E-state index contributed by atoms with van der Waals surface area (Å²) in [6.07, 6.45) is 4.79. The third kappa shape index (κ3) is 8.61. The maximum Gasteiger partial charge on any atom is 0.237 e. The Balaban J connectivity index is 1.20. The second-order valence-electron chi connectivity index (χ2n) is 12.9. The number of carbonyl (C=O) groups is 1. The highest BCUT2D eigenvalue weighted by Crippen LogP contribution is 2.41. The summed E-state index contributed by atoms with van der Waals surface area (Å²) in [6, 6.07) is 18.4. The third-order valence-electron chi connectivity index (χ3n) is 9.63. The fourth-order valence-electron chi connectivity index (χ4n) is 7.22. The highest BCUT2D eigenvalue weighted by Gasteiger charge is 2.34. The van der Waals surface area contributed by atoms with Gasteiger partial charge < -0.3 is 23.8 Å². The standard InChI is InChI=1S/C41H49FN4O5/c1-5-48-36-13-12-28(23-37(36)49-6-2)22-35-33-26-39(51-8-4)38(50-7-3)25-30(33)17-21-46(35)40(47)27-45-19-15-29(16-20-45)41-43-18-14-34(44-41)31-10-9-11-32(42)24-31/h9-14,18,23-26,29,35H,5-8,15-17,19-22,27H2,1-4H3. The summed E-state index contributed by atoms with van der Waals surface area (Å²) in [4.78, 5) is 27.9. The summed E-state index contributed by atoms with van der Waals surface area (Å²) in [5.74, 6) is 3.63. The first-order valence-electron chi connectivity index (χ1n) is 18.3. The molecule has 0 radical (unpaired) electrons. The molecule has 1 amide bonds. The van der Waals surface area contributed by atoms with Crippen LogP contribution in [0.15, 0.2) is 66.9 Å². The molecule has 4 aromatic rings. The Kier molecular flexibility index (Phi) is 12.0. The number of hydrogen-bond acceptors (Lipinski definition) is 8. The van der Waals surface area contributed by atoms with Gasteiger partial charge in [0.15, 0.2) is 23.0 Å². The number of nitrogens with zero attached hydrogens (tertiary/aromatic N) is 4. The van der Waals surface area contributed by atoms with Crippen LogP contribution < -0.4 is 18.9 Å². The Bertz CT molecular complexity index is 1790. The molecule has 1 fully saturated rings. The number of carbonyl (C=O) groups excluding carboxylic acids is 1. The molecule has 1 aromatic heterocycles. The smallest absolute Gasteiger partial charge is 0.237 e. The van der Waals surface area contributed by atoms with Crippen molar-refractivity contribution in [1.82, 2.24) is 19.8 Å². The zero-order valence-corrected chi connectivity index (χ0v) is 30.2. The zero-order chi connectivity index (χ0) is 35.7. The van der Waals surface area contributed by atoms with E-state index >= 15 is 0 Å². The number of ether oxygens (including phenoxy) is 4. The monoisotopic (exact) mass is 696 g/mol. The number of benzene rings is 3. The number of rotatable bonds is 14. The third-order valence-corrected chi connectivity index (χ3v) is 9.63. The van der Waals surface area contributed by atoms with Gasteiger partial charge in [-0.05, 0) is 126 Å². The van der Waals surface area contributed by atoms with Crippen LogP contribution in [0.25, 0.3) is 11.3 Å². The van der Waals surface area contributed by atoms with Crippen LogP contribution in [0.5, 0.6) is 23.0 Å². The van der Waals surface area contributed by atoms with Gasteiger partial charge in [-0.15, -0.1) is 0 Å². The fourth-order valence-corrected chi connectivity index (χ4v) is 7.22. The number of hydrogen-bond donors (Lipinski definition) is 0. The lowest BCUT2D eigenvalue weighted by Gasteiger charge is -2.40. The van der Waals surface area contributed by atoms with Crippen molar-refractivity contribution in [3.8, 4) is 34.3 Å². The summed E-state index contributed by atoms with van der Waals surface area (Å²) >= 11 is 0. The predicted molar refractivity (Wildman–Crippen MR) is 195 cm³/mol. The van der Waals surface area contributed by atoms with Gasteiger partial charge in [-0.2, -0.15) is 0 Å². The van der Waals surface area contributed by atoms with Crippen LogP contribution in [0.2, 0.25) is 0 Å². The van der Waals surface area contributed by atoms with Gasteiger partial charge in [0.2, 0.25) is 5.91 Å². The minimum atomic E-state index is -0.287. The summed E-state index contributed by atoms with van der Waals surface area (Å²) in [7, 11) is 0. The summed E-state index contributed by atoms with van der Waals surface area (Å²) < 4.78 is 37.7. The highest BCUT2D eigenvalue weighted by atomic mass is 19.1. The van der Waals surface area contributed by atoms with Crippen molar-refractivity contribution in [3.05, 3.63) is 95.2 Å². The molecule has 0 spiro atoms. The van der Waals surface area contributed by atoms with E-state index in [1.807, 2.05) is 56.9 Å². The van der Waals surface area contributed by atoms with E-state index in [-0.39, 0.29) is 23.7 Å². The van der Waals surface area contributed by atoms with Crippen LogP contribution in [-0.2, 0) is 17.6 Å². The number of aromatic nitrogens is 2. The van der Waals surface area contributed by atoms with Gasteiger partial charge in [-0.25, -0.2) is 14.4 Å². The normalized spacial score (nSPS) is 16.4.